The first-order chi connectivity index (χ1) is 12.6. The lowest BCUT2D eigenvalue weighted by Crippen LogP contribution is -2.58. The summed E-state index contributed by atoms with van der Waals surface area (Å²) in [6.07, 6.45) is 2.86. The van der Waals surface area contributed by atoms with Gasteiger partial charge in [0.1, 0.15) is 11.8 Å². The molecule has 0 radical (unpaired) electrons. The summed E-state index contributed by atoms with van der Waals surface area (Å²) >= 11 is 0. The van der Waals surface area contributed by atoms with E-state index < -0.39 is 6.04 Å². The van der Waals surface area contributed by atoms with Gasteiger partial charge in [0, 0.05) is 30.0 Å². The number of carbonyl (C=O) groups excluding carboxylic acids is 2. The van der Waals surface area contributed by atoms with Crippen LogP contribution in [0.2, 0.25) is 0 Å². The number of rotatable bonds is 3. The Morgan fingerprint density at radius 2 is 2.00 bits per heavy atom. The van der Waals surface area contributed by atoms with Gasteiger partial charge in [-0.1, -0.05) is 0 Å². The van der Waals surface area contributed by atoms with E-state index >= 15 is 0 Å². The summed E-state index contributed by atoms with van der Waals surface area (Å²) in [6.45, 7) is 2.73. The zero-order valence-corrected chi connectivity index (χ0v) is 15.0. The summed E-state index contributed by atoms with van der Waals surface area (Å²) in [6, 6.07) is 6.87. The quantitative estimate of drug-likeness (QED) is 0.911. The van der Waals surface area contributed by atoms with Gasteiger partial charge in [-0.3, -0.25) is 14.7 Å². The van der Waals surface area contributed by atoms with E-state index in [4.69, 9.17) is 4.74 Å². The minimum absolute atomic E-state index is 0.0815. The summed E-state index contributed by atoms with van der Waals surface area (Å²) in [4.78, 5) is 29.2. The van der Waals surface area contributed by atoms with Gasteiger partial charge in [0.2, 0.25) is 5.91 Å². The molecule has 7 nitrogen and oxygen atoms in total. The van der Waals surface area contributed by atoms with Gasteiger partial charge >= 0.3 is 0 Å². The number of hydrogen-bond donors (Lipinski definition) is 1. The minimum atomic E-state index is -0.521. The van der Waals surface area contributed by atoms with Gasteiger partial charge in [0.05, 0.1) is 7.11 Å². The molecule has 1 aliphatic heterocycles. The molecule has 0 spiro atoms. The first-order valence-corrected chi connectivity index (χ1v) is 8.92. The van der Waals surface area contributed by atoms with Crippen LogP contribution in [0.4, 0.5) is 5.69 Å². The monoisotopic (exact) mass is 354 g/mol. The molecule has 4 rings (SSSR count). The number of aryl methyl sites for hydroxylation is 1. The van der Waals surface area contributed by atoms with Gasteiger partial charge in [0.25, 0.3) is 5.91 Å². The summed E-state index contributed by atoms with van der Waals surface area (Å²) < 4.78 is 5.16. The van der Waals surface area contributed by atoms with E-state index in [-0.39, 0.29) is 11.8 Å². The van der Waals surface area contributed by atoms with Crippen molar-refractivity contribution < 1.29 is 14.3 Å². The summed E-state index contributed by atoms with van der Waals surface area (Å²) in [5.41, 5.74) is 3.38. The molecule has 2 amide bonds. The molecule has 1 N–H and O–H groups in total. The number of hydrogen-bond acceptors (Lipinski definition) is 4. The van der Waals surface area contributed by atoms with Gasteiger partial charge in [-0.15, -0.1) is 0 Å². The van der Waals surface area contributed by atoms with E-state index in [0.717, 1.165) is 42.0 Å². The van der Waals surface area contributed by atoms with Crippen LogP contribution < -0.4 is 9.64 Å². The molecule has 1 aliphatic carbocycles. The third-order valence-electron chi connectivity index (χ3n) is 5.31. The number of aromatic nitrogens is 2. The van der Waals surface area contributed by atoms with Gasteiger partial charge in [0.15, 0.2) is 5.69 Å². The average Bonchev–Trinajstić information content (AvgIpc) is 3.27. The molecule has 0 bridgehead atoms. The second kappa shape index (κ2) is 6.48. The molecular weight excluding hydrogens is 332 g/mol. The Morgan fingerprint density at radius 1 is 1.23 bits per heavy atom. The highest BCUT2D eigenvalue weighted by atomic mass is 16.5. The standard InChI is InChI=1S/C19H22N4O3/c1-12-18(24)23(13-6-8-14(26-2)9-7-13)11-10-22(12)19(25)17-15-4-3-5-16(15)20-21-17/h6-9,12H,3-5,10-11H2,1-2H3,(H,20,21)/t12-/m1/s1. The smallest absolute Gasteiger partial charge is 0.275 e. The van der Waals surface area contributed by atoms with Crippen molar-refractivity contribution >= 4 is 17.5 Å². The predicted molar refractivity (Wildman–Crippen MR) is 96.5 cm³/mol. The lowest BCUT2D eigenvalue weighted by Gasteiger charge is -2.39. The Labute approximate surface area is 151 Å². The van der Waals surface area contributed by atoms with E-state index in [1.807, 2.05) is 24.3 Å². The molecule has 2 aliphatic rings. The molecule has 1 saturated heterocycles. The zero-order valence-electron chi connectivity index (χ0n) is 15.0. The van der Waals surface area contributed by atoms with Crippen molar-refractivity contribution in [1.29, 1.82) is 0 Å². The van der Waals surface area contributed by atoms with Crippen molar-refractivity contribution in [1.82, 2.24) is 15.1 Å². The molecule has 2 heterocycles. The normalized spacial score (nSPS) is 19.6. The van der Waals surface area contributed by atoms with E-state index in [9.17, 15) is 9.59 Å². The number of fused-ring (bicyclic) bond motifs is 1. The highest BCUT2D eigenvalue weighted by Gasteiger charge is 2.37. The van der Waals surface area contributed by atoms with E-state index in [1.165, 1.54) is 0 Å². The van der Waals surface area contributed by atoms with Crippen LogP contribution in [-0.2, 0) is 17.6 Å². The maximum absolute atomic E-state index is 13.0. The number of amides is 2. The summed E-state index contributed by atoms with van der Waals surface area (Å²) in [5.74, 6) is 0.511. The Balaban J connectivity index is 1.53. The topological polar surface area (TPSA) is 78.5 Å². The number of nitrogens with zero attached hydrogens (tertiary/aromatic N) is 3. The molecule has 136 valence electrons. The summed E-state index contributed by atoms with van der Waals surface area (Å²) in [5, 5.41) is 7.19. The van der Waals surface area contributed by atoms with Crippen molar-refractivity contribution in [2.75, 3.05) is 25.1 Å². The molecular formula is C19H22N4O3. The Bertz CT molecular complexity index is 843. The zero-order chi connectivity index (χ0) is 18.3. The number of benzene rings is 1. The minimum Gasteiger partial charge on any atom is -0.497 e. The average molecular weight is 354 g/mol. The number of piperazine rings is 1. The molecule has 0 unspecified atom stereocenters. The fourth-order valence-corrected chi connectivity index (χ4v) is 3.80. The van der Waals surface area contributed by atoms with Crippen molar-refractivity contribution in [3.8, 4) is 5.75 Å². The van der Waals surface area contributed by atoms with Gasteiger partial charge < -0.3 is 14.5 Å². The molecule has 2 aromatic rings. The van der Waals surface area contributed by atoms with Crippen molar-refractivity contribution in [3.05, 3.63) is 41.2 Å². The number of aromatic amines is 1. The highest BCUT2D eigenvalue weighted by molar-refractivity contribution is 6.03. The first-order valence-electron chi connectivity index (χ1n) is 8.92. The third-order valence-corrected chi connectivity index (χ3v) is 5.31. The largest absolute Gasteiger partial charge is 0.497 e. The molecule has 1 atom stereocenters. The first kappa shape index (κ1) is 16.6. The van der Waals surface area contributed by atoms with Crippen molar-refractivity contribution in [2.45, 2.75) is 32.2 Å². The second-order valence-corrected chi connectivity index (χ2v) is 6.75. The van der Waals surface area contributed by atoms with Crippen LogP contribution in [0.25, 0.3) is 0 Å². The SMILES string of the molecule is COc1ccc(N2CCN(C(=O)c3n[nH]c4c3CCC4)[C@H](C)C2=O)cc1. The number of methoxy groups -OCH3 is 1. The lowest BCUT2D eigenvalue weighted by molar-refractivity contribution is -0.124. The van der Waals surface area contributed by atoms with Gasteiger partial charge in [-0.05, 0) is 50.5 Å². The van der Waals surface area contributed by atoms with Crippen LogP contribution in [0.1, 0.15) is 35.1 Å². The fraction of sp³-hybridized carbons (Fsp3) is 0.421. The maximum atomic E-state index is 13.0. The second-order valence-electron chi connectivity index (χ2n) is 6.75. The van der Waals surface area contributed by atoms with Gasteiger partial charge in [-0.25, -0.2) is 0 Å². The van der Waals surface area contributed by atoms with Crippen LogP contribution in [0.5, 0.6) is 5.75 Å². The molecule has 0 saturated carbocycles. The number of anilines is 1. The molecule has 7 heteroatoms. The predicted octanol–water partition coefficient (Wildman–Crippen LogP) is 1.78. The molecule has 1 aromatic carbocycles. The number of nitrogens with one attached hydrogen (secondary N) is 1. The van der Waals surface area contributed by atoms with Gasteiger partial charge in [-0.2, -0.15) is 5.10 Å². The Kier molecular flexibility index (Phi) is 4.14. The molecule has 26 heavy (non-hydrogen) atoms. The van der Waals surface area contributed by atoms with Crippen LogP contribution in [0, 0.1) is 0 Å². The van der Waals surface area contributed by atoms with E-state index in [1.54, 1.807) is 23.8 Å². The van der Waals surface area contributed by atoms with Crippen LogP contribution in [0.3, 0.4) is 0 Å². The number of carbonyl (C=O) groups is 2. The Morgan fingerprint density at radius 3 is 2.73 bits per heavy atom. The number of ether oxygens (including phenoxy) is 1. The lowest BCUT2D eigenvalue weighted by atomic mass is 10.1. The molecule has 1 fully saturated rings. The number of H-pyrrole nitrogens is 1. The van der Waals surface area contributed by atoms with Crippen LogP contribution in [0.15, 0.2) is 24.3 Å². The van der Waals surface area contributed by atoms with Crippen molar-refractivity contribution in [2.24, 2.45) is 0 Å². The van der Waals surface area contributed by atoms with Crippen LogP contribution >= 0.6 is 0 Å². The highest BCUT2D eigenvalue weighted by Crippen LogP contribution is 2.27. The Hall–Kier alpha value is -2.83. The summed E-state index contributed by atoms with van der Waals surface area (Å²) in [7, 11) is 1.61. The van der Waals surface area contributed by atoms with Crippen LogP contribution in [-0.4, -0.2) is 53.2 Å². The van der Waals surface area contributed by atoms with E-state index in [2.05, 4.69) is 10.2 Å². The maximum Gasteiger partial charge on any atom is 0.275 e. The molecule has 1 aromatic heterocycles. The third kappa shape index (κ3) is 2.64. The van der Waals surface area contributed by atoms with E-state index in [0.29, 0.717) is 18.8 Å². The van der Waals surface area contributed by atoms with Crippen molar-refractivity contribution in [3.63, 3.8) is 0 Å². The fourth-order valence-electron chi connectivity index (χ4n) is 3.80.